The van der Waals surface area contributed by atoms with Gasteiger partial charge in [0.05, 0.1) is 22.5 Å². The van der Waals surface area contributed by atoms with Crippen molar-refractivity contribution in [3.63, 3.8) is 0 Å². The number of methoxy groups -OCH3 is 1. The van der Waals surface area contributed by atoms with E-state index in [1.54, 1.807) is 49.6 Å². The second-order valence-electron chi connectivity index (χ2n) is 6.20. The topological polar surface area (TPSA) is 75.7 Å². The number of carbonyl (C=O) groups excluding carboxylic acids is 1. The fraction of sp³-hybridized carbons (Fsp3) is 0.350. The molecule has 0 heterocycles. The van der Waals surface area contributed by atoms with E-state index in [2.05, 4.69) is 21.2 Å². The quantitative estimate of drug-likeness (QED) is 0.635. The van der Waals surface area contributed by atoms with Gasteiger partial charge in [0.1, 0.15) is 5.75 Å². The smallest absolute Gasteiger partial charge is 0.251 e. The SMILES string of the molecule is CCN(CC)S(=O)(=O)c1ccc([C@@H](C)NC(=O)c2ccc(OC)c(Br)c2)cc1. The van der Waals surface area contributed by atoms with Gasteiger partial charge >= 0.3 is 0 Å². The molecule has 0 radical (unpaired) electrons. The highest BCUT2D eigenvalue weighted by Crippen LogP contribution is 2.26. The molecule has 8 heteroatoms. The van der Waals surface area contributed by atoms with E-state index in [4.69, 9.17) is 4.74 Å². The molecule has 0 fully saturated rings. The lowest BCUT2D eigenvalue weighted by Gasteiger charge is -2.19. The molecule has 28 heavy (non-hydrogen) atoms. The first kappa shape index (κ1) is 22.4. The summed E-state index contributed by atoms with van der Waals surface area (Å²) in [6, 6.07) is 11.4. The summed E-state index contributed by atoms with van der Waals surface area (Å²) in [4.78, 5) is 12.7. The molecule has 0 aliphatic carbocycles. The third-order valence-electron chi connectivity index (χ3n) is 4.48. The number of hydrogen-bond donors (Lipinski definition) is 1. The van der Waals surface area contributed by atoms with E-state index < -0.39 is 10.0 Å². The standard InChI is InChI=1S/C20H25BrN2O4S/c1-5-23(6-2)28(25,26)17-10-7-15(8-11-17)14(3)22-20(24)16-9-12-19(27-4)18(21)13-16/h7-14H,5-6H2,1-4H3,(H,22,24)/t14-/m1/s1. The van der Waals surface area contributed by atoms with E-state index in [-0.39, 0.29) is 16.8 Å². The van der Waals surface area contributed by atoms with Gasteiger partial charge in [0.25, 0.3) is 5.91 Å². The molecule has 0 spiro atoms. The number of sulfonamides is 1. The van der Waals surface area contributed by atoms with Crippen LogP contribution in [-0.4, -0.2) is 38.8 Å². The first-order valence-electron chi connectivity index (χ1n) is 8.99. The van der Waals surface area contributed by atoms with Crippen molar-refractivity contribution in [3.8, 4) is 5.75 Å². The van der Waals surface area contributed by atoms with Gasteiger partial charge in [0.15, 0.2) is 0 Å². The Labute approximate surface area is 175 Å². The first-order chi connectivity index (χ1) is 13.2. The summed E-state index contributed by atoms with van der Waals surface area (Å²) in [5.74, 6) is 0.422. The highest BCUT2D eigenvalue weighted by atomic mass is 79.9. The number of amides is 1. The Kier molecular flexibility index (Phi) is 7.63. The Morgan fingerprint density at radius 1 is 1.14 bits per heavy atom. The van der Waals surface area contributed by atoms with Crippen molar-refractivity contribution in [1.82, 2.24) is 9.62 Å². The van der Waals surface area contributed by atoms with Gasteiger partial charge in [-0.05, 0) is 58.7 Å². The molecular weight excluding hydrogens is 444 g/mol. The van der Waals surface area contributed by atoms with Crippen LogP contribution in [0.15, 0.2) is 51.8 Å². The van der Waals surface area contributed by atoms with Crippen LogP contribution in [0.5, 0.6) is 5.75 Å². The summed E-state index contributed by atoms with van der Waals surface area (Å²) < 4.78 is 32.4. The summed E-state index contributed by atoms with van der Waals surface area (Å²) in [5.41, 5.74) is 1.32. The number of nitrogens with zero attached hydrogens (tertiary/aromatic N) is 1. The molecule has 152 valence electrons. The monoisotopic (exact) mass is 468 g/mol. The minimum atomic E-state index is -3.49. The van der Waals surface area contributed by atoms with E-state index in [9.17, 15) is 13.2 Å². The number of ether oxygens (including phenoxy) is 1. The Bertz CT molecular complexity index is 926. The van der Waals surface area contributed by atoms with Gasteiger partial charge in [-0.2, -0.15) is 4.31 Å². The molecule has 0 aliphatic rings. The largest absolute Gasteiger partial charge is 0.496 e. The number of hydrogen-bond acceptors (Lipinski definition) is 4. The lowest BCUT2D eigenvalue weighted by Crippen LogP contribution is -2.30. The summed E-state index contributed by atoms with van der Waals surface area (Å²) >= 11 is 3.37. The lowest BCUT2D eigenvalue weighted by molar-refractivity contribution is 0.0939. The van der Waals surface area contributed by atoms with Gasteiger partial charge in [-0.1, -0.05) is 26.0 Å². The molecule has 1 amide bonds. The Balaban J connectivity index is 2.14. The Hall–Kier alpha value is -1.90. The van der Waals surface area contributed by atoms with E-state index in [1.807, 2.05) is 20.8 Å². The van der Waals surface area contributed by atoms with Crippen molar-refractivity contribution in [1.29, 1.82) is 0 Å². The molecular formula is C20H25BrN2O4S. The van der Waals surface area contributed by atoms with Crippen LogP contribution >= 0.6 is 15.9 Å². The second-order valence-corrected chi connectivity index (χ2v) is 9.00. The highest BCUT2D eigenvalue weighted by Gasteiger charge is 2.22. The predicted molar refractivity (Wildman–Crippen MR) is 113 cm³/mol. The average Bonchev–Trinajstić information content (AvgIpc) is 2.68. The molecule has 0 aromatic heterocycles. The minimum Gasteiger partial charge on any atom is -0.496 e. The second kappa shape index (κ2) is 9.54. The Morgan fingerprint density at radius 3 is 2.25 bits per heavy atom. The summed E-state index contributed by atoms with van der Waals surface area (Å²) in [7, 11) is -1.93. The van der Waals surface area contributed by atoms with E-state index in [0.717, 1.165) is 5.56 Å². The molecule has 0 aliphatic heterocycles. The minimum absolute atomic E-state index is 0.226. The first-order valence-corrected chi connectivity index (χ1v) is 11.2. The molecule has 0 unspecified atom stereocenters. The Morgan fingerprint density at radius 2 is 1.75 bits per heavy atom. The van der Waals surface area contributed by atoms with Crippen molar-refractivity contribution >= 4 is 31.9 Å². The average molecular weight is 469 g/mol. The van der Waals surface area contributed by atoms with Crippen LogP contribution in [0.4, 0.5) is 0 Å². The molecule has 6 nitrogen and oxygen atoms in total. The molecule has 1 atom stereocenters. The van der Waals surface area contributed by atoms with Crippen LogP contribution in [0.3, 0.4) is 0 Å². The fourth-order valence-corrected chi connectivity index (χ4v) is 4.81. The predicted octanol–water partition coefficient (Wildman–Crippen LogP) is 3.98. The van der Waals surface area contributed by atoms with Gasteiger partial charge in [0, 0.05) is 18.7 Å². The molecule has 0 bridgehead atoms. The molecule has 2 aromatic rings. The molecule has 0 saturated carbocycles. The maximum atomic E-state index is 12.6. The van der Waals surface area contributed by atoms with Crippen LogP contribution in [0.25, 0.3) is 0 Å². The van der Waals surface area contributed by atoms with Crippen molar-refractivity contribution < 1.29 is 17.9 Å². The zero-order chi connectivity index (χ0) is 20.9. The molecule has 0 saturated heterocycles. The van der Waals surface area contributed by atoms with Gasteiger partial charge in [-0.15, -0.1) is 0 Å². The van der Waals surface area contributed by atoms with Crippen LogP contribution in [0.2, 0.25) is 0 Å². The summed E-state index contributed by atoms with van der Waals surface area (Å²) in [5, 5.41) is 2.92. The summed E-state index contributed by atoms with van der Waals surface area (Å²) in [6.45, 7) is 6.31. The number of carbonyl (C=O) groups is 1. The van der Waals surface area contributed by atoms with Crippen molar-refractivity contribution in [2.45, 2.75) is 31.7 Å². The van der Waals surface area contributed by atoms with Crippen molar-refractivity contribution in [2.24, 2.45) is 0 Å². The highest BCUT2D eigenvalue weighted by molar-refractivity contribution is 9.10. The lowest BCUT2D eigenvalue weighted by atomic mass is 10.1. The third-order valence-corrected chi connectivity index (χ3v) is 7.17. The molecule has 1 N–H and O–H groups in total. The van der Waals surface area contributed by atoms with E-state index in [0.29, 0.717) is 28.9 Å². The maximum absolute atomic E-state index is 12.6. The van der Waals surface area contributed by atoms with Crippen molar-refractivity contribution in [3.05, 3.63) is 58.1 Å². The van der Waals surface area contributed by atoms with Crippen LogP contribution < -0.4 is 10.1 Å². The number of nitrogens with one attached hydrogen (secondary N) is 1. The van der Waals surface area contributed by atoms with Crippen LogP contribution in [0, 0.1) is 0 Å². The van der Waals surface area contributed by atoms with E-state index >= 15 is 0 Å². The van der Waals surface area contributed by atoms with Crippen molar-refractivity contribution in [2.75, 3.05) is 20.2 Å². The molecule has 2 rings (SSSR count). The van der Waals surface area contributed by atoms with Gasteiger partial charge < -0.3 is 10.1 Å². The van der Waals surface area contributed by atoms with Crippen LogP contribution in [-0.2, 0) is 10.0 Å². The van der Waals surface area contributed by atoms with E-state index in [1.165, 1.54) is 4.31 Å². The fourth-order valence-electron chi connectivity index (χ4n) is 2.81. The number of rotatable bonds is 8. The zero-order valence-corrected chi connectivity index (χ0v) is 18.8. The number of benzene rings is 2. The zero-order valence-electron chi connectivity index (χ0n) is 16.4. The van der Waals surface area contributed by atoms with Crippen LogP contribution in [0.1, 0.15) is 42.7 Å². The third kappa shape index (κ3) is 4.92. The van der Waals surface area contributed by atoms with Gasteiger partial charge in [0.2, 0.25) is 10.0 Å². The normalized spacial score (nSPS) is 12.6. The van der Waals surface area contributed by atoms with Gasteiger partial charge in [-0.3, -0.25) is 4.79 Å². The number of halogens is 1. The molecule has 2 aromatic carbocycles. The maximum Gasteiger partial charge on any atom is 0.251 e. The summed E-state index contributed by atoms with van der Waals surface area (Å²) in [6.07, 6.45) is 0. The van der Waals surface area contributed by atoms with Gasteiger partial charge in [-0.25, -0.2) is 8.42 Å².